The predicted octanol–water partition coefficient (Wildman–Crippen LogP) is 2.73. The number of rotatable bonds is 5. The third-order valence-corrected chi connectivity index (χ3v) is 3.33. The van der Waals surface area contributed by atoms with E-state index in [1.54, 1.807) is 6.92 Å². The van der Waals surface area contributed by atoms with Crippen LogP contribution in [0.3, 0.4) is 0 Å². The van der Waals surface area contributed by atoms with Crippen molar-refractivity contribution in [1.82, 2.24) is 0 Å². The summed E-state index contributed by atoms with van der Waals surface area (Å²) in [7, 11) is 0. The monoisotopic (exact) mass is 226 g/mol. The van der Waals surface area contributed by atoms with Crippen molar-refractivity contribution in [3.8, 4) is 0 Å². The van der Waals surface area contributed by atoms with Crippen LogP contribution in [0.5, 0.6) is 0 Å². The number of carbonyl (C=O) groups excluding carboxylic acids is 2. The average molecular weight is 226 g/mol. The maximum Gasteiger partial charge on any atom is 0.309 e. The van der Waals surface area contributed by atoms with Gasteiger partial charge in [0.25, 0.3) is 0 Å². The van der Waals surface area contributed by atoms with Gasteiger partial charge in [-0.3, -0.25) is 9.59 Å². The van der Waals surface area contributed by atoms with Crippen molar-refractivity contribution < 1.29 is 14.3 Å². The van der Waals surface area contributed by atoms with E-state index in [1.165, 1.54) is 0 Å². The lowest BCUT2D eigenvalue weighted by atomic mass is 9.77. The van der Waals surface area contributed by atoms with Gasteiger partial charge in [0.2, 0.25) is 0 Å². The molecule has 1 rings (SSSR count). The highest BCUT2D eigenvalue weighted by molar-refractivity contribution is 5.85. The second-order valence-corrected chi connectivity index (χ2v) is 4.63. The van der Waals surface area contributed by atoms with Gasteiger partial charge in [0, 0.05) is 5.92 Å². The summed E-state index contributed by atoms with van der Waals surface area (Å²) in [6.07, 6.45) is 5.69. The van der Waals surface area contributed by atoms with E-state index in [-0.39, 0.29) is 23.6 Å². The predicted molar refractivity (Wildman–Crippen MR) is 62.0 cm³/mol. The van der Waals surface area contributed by atoms with Gasteiger partial charge in [-0.25, -0.2) is 0 Å². The Kier molecular flexibility index (Phi) is 5.50. The SMILES string of the molecule is CCCCOC(=O)C1CCCCC1C(C)=O. The molecule has 0 aromatic carbocycles. The van der Waals surface area contributed by atoms with E-state index < -0.39 is 0 Å². The standard InChI is InChI=1S/C13H22O3/c1-3-4-9-16-13(15)12-8-6-5-7-11(12)10(2)14/h11-12H,3-9H2,1-2H3. The third kappa shape index (κ3) is 3.62. The molecule has 1 aliphatic rings. The summed E-state index contributed by atoms with van der Waals surface area (Å²) in [5, 5.41) is 0. The topological polar surface area (TPSA) is 43.4 Å². The van der Waals surface area contributed by atoms with Crippen LogP contribution in [0.1, 0.15) is 52.4 Å². The van der Waals surface area contributed by atoms with Crippen LogP contribution in [0.15, 0.2) is 0 Å². The molecule has 92 valence electrons. The van der Waals surface area contributed by atoms with Crippen LogP contribution in [0.4, 0.5) is 0 Å². The summed E-state index contributed by atoms with van der Waals surface area (Å²) < 4.78 is 5.21. The van der Waals surface area contributed by atoms with Crippen molar-refractivity contribution in [3.63, 3.8) is 0 Å². The van der Waals surface area contributed by atoms with Crippen LogP contribution in [-0.4, -0.2) is 18.4 Å². The molecule has 0 amide bonds. The smallest absolute Gasteiger partial charge is 0.309 e. The summed E-state index contributed by atoms with van der Waals surface area (Å²) in [5.74, 6) is -0.295. The minimum atomic E-state index is -0.178. The molecule has 2 atom stereocenters. The molecule has 2 unspecified atom stereocenters. The van der Waals surface area contributed by atoms with Gasteiger partial charge in [-0.1, -0.05) is 26.2 Å². The normalized spacial score (nSPS) is 25.1. The van der Waals surface area contributed by atoms with Crippen molar-refractivity contribution in [3.05, 3.63) is 0 Å². The highest BCUT2D eigenvalue weighted by atomic mass is 16.5. The van der Waals surface area contributed by atoms with Crippen molar-refractivity contribution in [1.29, 1.82) is 0 Å². The number of hydrogen-bond acceptors (Lipinski definition) is 3. The van der Waals surface area contributed by atoms with Gasteiger partial charge in [-0.05, 0) is 26.2 Å². The van der Waals surface area contributed by atoms with E-state index in [0.29, 0.717) is 6.61 Å². The number of ketones is 1. The van der Waals surface area contributed by atoms with Crippen molar-refractivity contribution in [2.75, 3.05) is 6.61 Å². The van der Waals surface area contributed by atoms with Gasteiger partial charge in [0.15, 0.2) is 0 Å². The first-order valence-electron chi connectivity index (χ1n) is 6.34. The molecular formula is C13H22O3. The van der Waals surface area contributed by atoms with E-state index in [1.807, 2.05) is 0 Å². The Morgan fingerprint density at radius 2 is 1.81 bits per heavy atom. The van der Waals surface area contributed by atoms with Crippen molar-refractivity contribution in [2.45, 2.75) is 52.4 Å². The molecule has 0 bridgehead atoms. The largest absolute Gasteiger partial charge is 0.465 e. The Hall–Kier alpha value is -0.860. The summed E-state index contributed by atoms with van der Waals surface area (Å²) in [4.78, 5) is 23.2. The molecule has 16 heavy (non-hydrogen) atoms. The second kappa shape index (κ2) is 6.66. The Labute approximate surface area is 97.5 Å². The molecule has 0 heterocycles. The third-order valence-electron chi connectivity index (χ3n) is 3.33. The van der Waals surface area contributed by atoms with E-state index in [0.717, 1.165) is 38.5 Å². The van der Waals surface area contributed by atoms with E-state index >= 15 is 0 Å². The van der Waals surface area contributed by atoms with Gasteiger partial charge in [0.05, 0.1) is 12.5 Å². The number of carbonyl (C=O) groups is 2. The van der Waals surface area contributed by atoms with Crippen LogP contribution >= 0.6 is 0 Å². The number of hydrogen-bond donors (Lipinski definition) is 0. The number of Topliss-reactive ketones (excluding diaryl/α,β-unsaturated/α-hetero) is 1. The molecule has 0 aliphatic heterocycles. The summed E-state index contributed by atoms with van der Waals surface area (Å²) in [6.45, 7) is 4.14. The first kappa shape index (κ1) is 13.2. The quantitative estimate of drug-likeness (QED) is 0.534. The van der Waals surface area contributed by atoms with Gasteiger partial charge < -0.3 is 4.74 Å². The Morgan fingerprint density at radius 1 is 1.19 bits per heavy atom. The Bertz CT molecular complexity index is 248. The maximum atomic E-state index is 11.8. The number of unbranched alkanes of at least 4 members (excludes halogenated alkanes) is 1. The average Bonchev–Trinajstić information content (AvgIpc) is 2.29. The summed E-state index contributed by atoms with van der Waals surface area (Å²) >= 11 is 0. The summed E-state index contributed by atoms with van der Waals surface area (Å²) in [5.41, 5.74) is 0. The molecule has 1 aliphatic carbocycles. The lowest BCUT2D eigenvalue weighted by Gasteiger charge is -2.27. The highest BCUT2D eigenvalue weighted by Crippen LogP contribution is 2.31. The maximum absolute atomic E-state index is 11.8. The van der Waals surface area contributed by atoms with Gasteiger partial charge in [0.1, 0.15) is 5.78 Å². The Balaban J connectivity index is 2.47. The summed E-state index contributed by atoms with van der Waals surface area (Å²) in [6, 6.07) is 0. The second-order valence-electron chi connectivity index (χ2n) is 4.63. The fourth-order valence-electron chi connectivity index (χ4n) is 2.32. The zero-order chi connectivity index (χ0) is 12.0. The molecule has 0 spiro atoms. The number of esters is 1. The van der Waals surface area contributed by atoms with Crippen LogP contribution in [0.2, 0.25) is 0 Å². The highest BCUT2D eigenvalue weighted by Gasteiger charge is 2.34. The van der Waals surface area contributed by atoms with Gasteiger partial charge in [-0.15, -0.1) is 0 Å². The fraction of sp³-hybridized carbons (Fsp3) is 0.846. The molecule has 3 heteroatoms. The molecule has 0 aromatic heterocycles. The molecule has 0 radical (unpaired) electrons. The fourth-order valence-corrected chi connectivity index (χ4v) is 2.32. The van der Waals surface area contributed by atoms with E-state index in [9.17, 15) is 9.59 Å². The first-order valence-corrected chi connectivity index (χ1v) is 6.34. The van der Waals surface area contributed by atoms with Gasteiger partial charge in [-0.2, -0.15) is 0 Å². The van der Waals surface area contributed by atoms with Crippen LogP contribution in [0, 0.1) is 11.8 Å². The molecular weight excluding hydrogens is 204 g/mol. The zero-order valence-corrected chi connectivity index (χ0v) is 10.3. The molecule has 1 fully saturated rings. The van der Waals surface area contributed by atoms with Crippen LogP contribution < -0.4 is 0 Å². The van der Waals surface area contributed by atoms with Gasteiger partial charge >= 0.3 is 5.97 Å². The Morgan fingerprint density at radius 3 is 2.38 bits per heavy atom. The van der Waals surface area contributed by atoms with E-state index in [2.05, 4.69) is 6.92 Å². The lowest BCUT2D eigenvalue weighted by molar-refractivity contribution is -0.154. The molecule has 0 aromatic rings. The van der Waals surface area contributed by atoms with Crippen LogP contribution in [-0.2, 0) is 14.3 Å². The van der Waals surface area contributed by atoms with E-state index in [4.69, 9.17) is 4.74 Å². The molecule has 0 N–H and O–H groups in total. The van der Waals surface area contributed by atoms with Crippen molar-refractivity contribution in [2.24, 2.45) is 11.8 Å². The molecule has 0 saturated heterocycles. The molecule has 1 saturated carbocycles. The lowest BCUT2D eigenvalue weighted by Crippen LogP contribution is -2.33. The zero-order valence-electron chi connectivity index (χ0n) is 10.3. The minimum absolute atomic E-state index is 0.0946. The number of ether oxygens (including phenoxy) is 1. The first-order chi connectivity index (χ1) is 7.66. The molecule has 3 nitrogen and oxygen atoms in total. The van der Waals surface area contributed by atoms with Crippen molar-refractivity contribution >= 4 is 11.8 Å². The minimum Gasteiger partial charge on any atom is -0.465 e. The van der Waals surface area contributed by atoms with Crippen LogP contribution in [0.25, 0.3) is 0 Å².